The van der Waals surface area contributed by atoms with E-state index in [9.17, 15) is 4.79 Å². The number of nitrogens with zero attached hydrogens (tertiary/aromatic N) is 2. The summed E-state index contributed by atoms with van der Waals surface area (Å²) in [5.74, 6) is 0.892. The van der Waals surface area contributed by atoms with Gasteiger partial charge in [-0.2, -0.15) is 0 Å². The van der Waals surface area contributed by atoms with Gasteiger partial charge in [-0.05, 0) is 26.3 Å². The van der Waals surface area contributed by atoms with Crippen LogP contribution in [-0.2, 0) is 9.53 Å². The molecule has 7 heteroatoms. The number of halogens is 1. The van der Waals surface area contributed by atoms with Crippen molar-refractivity contribution in [1.29, 1.82) is 0 Å². The third-order valence-electron chi connectivity index (χ3n) is 3.05. The van der Waals surface area contributed by atoms with Gasteiger partial charge in [0.25, 0.3) is 0 Å². The molecule has 0 aromatic carbocycles. The fraction of sp³-hybridized carbons (Fsp3) is 0.615. The first-order valence-corrected chi connectivity index (χ1v) is 7.24. The lowest BCUT2D eigenvalue weighted by Crippen LogP contribution is -2.28. The summed E-state index contributed by atoms with van der Waals surface area (Å²) < 4.78 is 4.85. The van der Waals surface area contributed by atoms with Gasteiger partial charge < -0.3 is 15.4 Å². The quantitative estimate of drug-likeness (QED) is 0.639. The van der Waals surface area contributed by atoms with E-state index in [2.05, 4.69) is 20.6 Å². The Balaban J connectivity index is 2.02. The summed E-state index contributed by atoms with van der Waals surface area (Å²) in [4.78, 5) is 20.0. The lowest BCUT2D eigenvalue weighted by molar-refractivity contribution is -0.140. The second-order valence-corrected chi connectivity index (χ2v) is 4.98. The number of carbonyl (C=O) groups is 1. The number of hydrogen-bond acceptors (Lipinski definition) is 6. The summed E-state index contributed by atoms with van der Waals surface area (Å²) in [5, 5.41) is 6.65. The Hall–Kier alpha value is -1.40. The van der Waals surface area contributed by atoms with Crippen LogP contribution in [0.1, 0.15) is 38.1 Å². The lowest BCUT2D eigenvalue weighted by atomic mass is 10.0. The van der Waals surface area contributed by atoms with Crippen LogP contribution in [0.5, 0.6) is 0 Å². The first kappa shape index (κ1) is 15.0. The van der Waals surface area contributed by atoms with Crippen molar-refractivity contribution in [3.05, 3.63) is 17.0 Å². The predicted molar refractivity (Wildman–Crippen MR) is 76.8 cm³/mol. The second kappa shape index (κ2) is 7.40. The van der Waals surface area contributed by atoms with Crippen molar-refractivity contribution >= 4 is 23.4 Å². The number of aromatic nitrogens is 2. The minimum atomic E-state index is -0.320. The Morgan fingerprint density at radius 2 is 2.40 bits per heavy atom. The summed E-state index contributed by atoms with van der Waals surface area (Å²) >= 11 is 6.01. The Bertz CT molecular complexity index is 464. The van der Waals surface area contributed by atoms with E-state index in [1.807, 2.05) is 0 Å². The molecule has 6 nitrogen and oxygen atoms in total. The van der Waals surface area contributed by atoms with Gasteiger partial charge in [0.2, 0.25) is 0 Å². The molecule has 1 unspecified atom stereocenters. The number of nitrogens with one attached hydrogen (secondary N) is 2. The predicted octanol–water partition coefficient (Wildman–Crippen LogP) is 1.92. The van der Waals surface area contributed by atoms with E-state index < -0.39 is 0 Å². The molecule has 1 saturated heterocycles. The van der Waals surface area contributed by atoms with Crippen molar-refractivity contribution in [2.45, 2.75) is 32.2 Å². The molecule has 0 aliphatic carbocycles. The van der Waals surface area contributed by atoms with Gasteiger partial charge in [0, 0.05) is 6.07 Å². The molecule has 1 atom stereocenters. The van der Waals surface area contributed by atoms with Crippen LogP contribution < -0.4 is 10.6 Å². The van der Waals surface area contributed by atoms with E-state index in [1.54, 1.807) is 13.0 Å². The topological polar surface area (TPSA) is 76.1 Å². The molecule has 110 valence electrons. The highest BCUT2D eigenvalue weighted by molar-refractivity contribution is 6.29. The summed E-state index contributed by atoms with van der Waals surface area (Å²) in [6.45, 7) is 3.17. The highest BCUT2D eigenvalue weighted by Crippen LogP contribution is 2.22. The molecular weight excluding hydrogens is 280 g/mol. The Morgan fingerprint density at radius 1 is 1.55 bits per heavy atom. The van der Waals surface area contributed by atoms with Gasteiger partial charge in [0.1, 0.15) is 23.3 Å². The molecule has 0 saturated carbocycles. The third-order valence-corrected chi connectivity index (χ3v) is 3.25. The van der Waals surface area contributed by atoms with Crippen molar-refractivity contribution < 1.29 is 9.53 Å². The second-order valence-electron chi connectivity index (χ2n) is 4.60. The minimum absolute atomic E-state index is 0.0682. The smallest absolute Gasteiger partial charge is 0.325 e. The molecule has 2 N–H and O–H groups in total. The van der Waals surface area contributed by atoms with Gasteiger partial charge in [-0.25, -0.2) is 9.97 Å². The molecule has 1 aliphatic heterocycles. The molecule has 20 heavy (non-hydrogen) atoms. The molecule has 1 fully saturated rings. The average molecular weight is 299 g/mol. The van der Waals surface area contributed by atoms with Crippen molar-refractivity contribution in [2.24, 2.45) is 0 Å². The zero-order valence-corrected chi connectivity index (χ0v) is 12.2. The Kier molecular flexibility index (Phi) is 5.55. The lowest BCUT2D eigenvalue weighted by Gasteiger charge is -2.22. The Morgan fingerprint density at radius 3 is 3.10 bits per heavy atom. The van der Waals surface area contributed by atoms with Crippen molar-refractivity contribution in [3.63, 3.8) is 0 Å². The van der Waals surface area contributed by atoms with Gasteiger partial charge in [-0.3, -0.25) is 4.79 Å². The molecule has 0 bridgehead atoms. The van der Waals surface area contributed by atoms with Crippen LogP contribution in [0, 0.1) is 0 Å². The summed E-state index contributed by atoms with van der Waals surface area (Å²) in [6.07, 6.45) is 3.32. The largest absolute Gasteiger partial charge is 0.465 e. The van der Waals surface area contributed by atoms with Gasteiger partial charge in [0.05, 0.1) is 12.6 Å². The van der Waals surface area contributed by atoms with Crippen molar-refractivity contribution in [3.8, 4) is 0 Å². The Labute approximate surface area is 123 Å². The van der Waals surface area contributed by atoms with Crippen molar-refractivity contribution in [1.82, 2.24) is 15.3 Å². The molecule has 1 aromatic heterocycles. The number of piperidine rings is 1. The number of ether oxygens (including phenoxy) is 1. The van der Waals surface area contributed by atoms with E-state index >= 15 is 0 Å². The first-order chi connectivity index (χ1) is 9.69. The van der Waals surface area contributed by atoms with E-state index in [0.29, 0.717) is 23.4 Å². The number of esters is 1. The van der Waals surface area contributed by atoms with Crippen LogP contribution >= 0.6 is 11.6 Å². The summed E-state index contributed by atoms with van der Waals surface area (Å²) in [5.41, 5.74) is 0. The van der Waals surface area contributed by atoms with Crippen LogP contribution in [0.2, 0.25) is 5.15 Å². The number of carbonyl (C=O) groups excluding carboxylic acids is 1. The molecule has 0 spiro atoms. The maximum absolute atomic E-state index is 11.3. The fourth-order valence-electron chi connectivity index (χ4n) is 2.13. The zero-order valence-electron chi connectivity index (χ0n) is 11.5. The van der Waals surface area contributed by atoms with Crippen LogP contribution in [0.15, 0.2) is 6.07 Å². The van der Waals surface area contributed by atoms with Crippen LogP contribution in [0.25, 0.3) is 0 Å². The first-order valence-electron chi connectivity index (χ1n) is 6.86. The summed E-state index contributed by atoms with van der Waals surface area (Å²) in [7, 11) is 0. The van der Waals surface area contributed by atoms with E-state index in [0.717, 1.165) is 19.4 Å². The highest BCUT2D eigenvalue weighted by atomic mass is 35.5. The normalized spacial score (nSPS) is 18.6. The maximum Gasteiger partial charge on any atom is 0.325 e. The van der Waals surface area contributed by atoms with Crippen LogP contribution in [0.4, 0.5) is 5.82 Å². The maximum atomic E-state index is 11.3. The van der Waals surface area contributed by atoms with E-state index in [-0.39, 0.29) is 18.6 Å². The summed E-state index contributed by atoms with van der Waals surface area (Å²) in [6, 6.07) is 1.73. The molecule has 0 amide bonds. The van der Waals surface area contributed by atoms with Crippen molar-refractivity contribution in [2.75, 3.05) is 25.0 Å². The van der Waals surface area contributed by atoms with Gasteiger partial charge in [0.15, 0.2) is 0 Å². The molecular formula is C13H19ClN4O2. The minimum Gasteiger partial charge on any atom is -0.465 e. The monoisotopic (exact) mass is 298 g/mol. The van der Waals surface area contributed by atoms with E-state index in [4.69, 9.17) is 16.3 Å². The van der Waals surface area contributed by atoms with Gasteiger partial charge >= 0.3 is 5.97 Å². The standard InChI is InChI=1S/C13H19ClN4O2/c1-2-20-12(19)8-16-11-7-10(14)17-13(18-11)9-5-3-4-6-15-9/h7,9,15H,2-6,8H2,1H3,(H,16,17,18). The fourth-order valence-corrected chi connectivity index (χ4v) is 2.32. The third kappa shape index (κ3) is 4.31. The molecule has 2 rings (SSSR count). The molecule has 2 heterocycles. The average Bonchev–Trinajstić information content (AvgIpc) is 2.46. The molecule has 0 radical (unpaired) electrons. The van der Waals surface area contributed by atoms with Crippen LogP contribution in [-0.4, -0.2) is 35.6 Å². The van der Waals surface area contributed by atoms with E-state index in [1.165, 1.54) is 6.42 Å². The number of rotatable bonds is 5. The van der Waals surface area contributed by atoms with Gasteiger partial charge in [-0.15, -0.1) is 0 Å². The molecule has 1 aromatic rings. The number of hydrogen-bond donors (Lipinski definition) is 2. The van der Waals surface area contributed by atoms with Gasteiger partial charge in [-0.1, -0.05) is 18.0 Å². The van der Waals surface area contributed by atoms with Crippen LogP contribution in [0.3, 0.4) is 0 Å². The molecule has 1 aliphatic rings. The highest BCUT2D eigenvalue weighted by Gasteiger charge is 2.18. The SMILES string of the molecule is CCOC(=O)CNc1cc(Cl)nc(C2CCCCN2)n1. The zero-order chi connectivity index (χ0) is 14.4. The number of anilines is 1.